The molecule has 3 aromatic carbocycles. The lowest BCUT2D eigenvalue weighted by atomic mass is 10.1. The highest BCUT2D eigenvalue weighted by atomic mass is 35.5. The molecule has 0 aliphatic heterocycles. The first-order valence-corrected chi connectivity index (χ1v) is 8.84. The molecule has 138 valence electrons. The quantitative estimate of drug-likeness (QED) is 0.238. The van der Waals surface area contributed by atoms with Crippen molar-refractivity contribution in [1.82, 2.24) is 4.98 Å². The Kier molecular flexibility index (Phi) is 4.63. The largest absolute Gasteiger partial charge is 0.436 e. The molecule has 0 saturated carbocycles. The van der Waals surface area contributed by atoms with Crippen LogP contribution in [0.1, 0.15) is 11.1 Å². The lowest BCUT2D eigenvalue weighted by Gasteiger charge is -1.98. The van der Waals surface area contributed by atoms with Gasteiger partial charge in [0.1, 0.15) is 10.5 Å². The van der Waals surface area contributed by atoms with Gasteiger partial charge in [-0.25, -0.2) is 4.98 Å². The van der Waals surface area contributed by atoms with Gasteiger partial charge >= 0.3 is 0 Å². The van der Waals surface area contributed by atoms with Crippen LogP contribution in [0.3, 0.4) is 0 Å². The zero-order valence-electron chi connectivity index (χ0n) is 14.8. The van der Waals surface area contributed by atoms with Crippen molar-refractivity contribution in [2.75, 3.05) is 0 Å². The summed E-state index contributed by atoms with van der Waals surface area (Å²) in [5.74, 6) is 0.558. The number of benzene rings is 3. The van der Waals surface area contributed by atoms with Crippen molar-refractivity contribution in [3.63, 3.8) is 0 Å². The Hall–Kier alpha value is -3.51. The van der Waals surface area contributed by atoms with Crippen LogP contribution in [-0.2, 0) is 0 Å². The molecule has 1 heterocycles. The van der Waals surface area contributed by atoms with E-state index in [4.69, 9.17) is 16.0 Å². The van der Waals surface area contributed by atoms with Crippen LogP contribution in [0, 0.1) is 17.0 Å². The van der Waals surface area contributed by atoms with E-state index in [0.29, 0.717) is 28.2 Å². The molecular weight excluding hydrogens is 378 g/mol. The number of nitrogens with zero attached hydrogens (tertiary/aromatic N) is 3. The summed E-state index contributed by atoms with van der Waals surface area (Å²) in [6, 6.07) is 17.8. The van der Waals surface area contributed by atoms with E-state index in [1.807, 2.05) is 31.2 Å². The maximum absolute atomic E-state index is 11.0. The van der Waals surface area contributed by atoms with Crippen LogP contribution < -0.4 is 0 Å². The van der Waals surface area contributed by atoms with Crippen molar-refractivity contribution in [2.45, 2.75) is 6.92 Å². The minimum absolute atomic E-state index is 0.0925. The number of aryl methyl sites for hydroxylation is 1. The fourth-order valence-electron chi connectivity index (χ4n) is 2.82. The number of nitro benzene ring substituents is 1. The van der Waals surface area contributed by atoms with Gasteiger partial charge in [-0.05, 0) is 48.4 Å². The molecule has 0 saturated heterocycles. The molecule has 0 atom stereocenters. The van der Waals surface area contributed by atoms with E-state index in [-0.39, 0.29) is 10.7 Å². The highest BCUT2D eigenvalue weighted by Crippen LogP contribution is 2.29. The minimum atomic E-state index is -0.520. The molecule has 0 aliphatic rings. The SMILES string of the molecule is Cc1ccccc1-c1nc2cc(N=Cc3ccc(Cl)c([N+](=O)[O-])c3)ccc2o1. The predicted octanol–water partition coefficient (Wildman–Crippen LogP) is 6.12. The molecule has 0 radical (unpaired) electrons. The first kappa shape index (κ1) is 17.9. The molecule has 0 fully saturated rings. The van der Waals surface area contributed by atoms with Gasteiger partial charge in [-0.2, -0.15) is 0 Å². The maximum atomic E-state index is 11.0. The second-order valence-corrected chi connectivity index (χ2v) is 6.62. The van der Waals surface area contributed by atoms with Gasteiger partial charge in [0.05, 0.1) is 10.6 Å². The van der Waals surface area contributed by atoms with E-state index in [0.717, 1.165) is 11.1 Å². The van der Waals surface area contributed by atoms with Crippen molar-refractivity contribution < 1.29 is 9.34 Å². The first-order valence-electron chi connectivity index (χ1n) is 8.46. The summed E-state index contributed by atoms with van der Waals surface area (Å²) in [4.78, 5) is 19.4. The van der Waals surface area contributed by atoms with E-state index in [2.05, 4.69) is 9.98 Å². The summed E-state index contributed by atoms with van der Waals surface area (Å²) in [5, 5.41) is 11.1. The predicted molar refractivity (Wildman–Crippen MR) is 110 cm³/mol. The fourth-order valence-corrected chi connectivity index (χ4v) is 3.01. The van der Waals surface area contributed by atoms with Crippen LogP contribution in [0.15, 0.2) is 70.1 Å². The number of halogens is 1. The summed E-state index contributed by atoms with van der Waals surface area (Å²) >= 11 is 5.83. The number of aromatic nitrogens is 1. The highest BCUT2D eigenvalue weighted by molar-refractivity contribution is 6.32. The molecule has 0 bridgehead atoms. The van der Waals surface area contributed by atoms with E-state index < -0.39 is 4.92 Å². The third kappa shape index (κ3) is 3.50. The van der Waals surface area contributed by atoms with Crippen LogP contribution in [-0.4, -0.2) is 16.1 Å². The van der Waals surface area contributed by atoms with Gasteiger partial charge in [-0.1, -0.05) is 35.9 Å². The molecule has 1 aromatic heterocycles. The van der Waals surface area contributed by atoms with Crippen molar-refractivity contribution >= 4 is 40.3 Å². The average molecular weight is 392 g/mol. The van der Waals surface area contributed by atoms with Crippen LogP contribution in [0.4, 0.5) is 11.4 Å². The molecular formula is C21H14ClN3O3. The monoisotopic (exact) mass is 391 g/mol. The summed E-state index contributed by atoms with van der Waals surface area (Å²) in [7, 11) is 0. The Morgan fingerprint density at radius 1 is 1.14 bits per heavy atom. The van der Waals surface area contributed by atoms with Gasteiger partial charge in [0, 0.05) is 17.8 Å². The van der Waals surface area contributed by atoms with Gasteiger partial charge < -0.3 is 4.42 Å². The van der Waals surface area contributed by atoms with E-state index >= 15 is 0 Å². The molecule has 6 nitrogen and oxygen atoms in total. The van der Waals surface area contributed by atoms with Crippen LogP contribution in [0.5, 0.6) is 0 Å². The number of rotatable bonds is 4. The van der Waals surface area contributed by atoms with E-state index in [1.165, 1.54) is 12.1 Å². The van der Waals surface area contributed by atoms with Crippen molar-refractivity contribution in [1.29, 1.82) is 0 Å². The molecule has 0 spiro atoms. The second kappa shape index (κ2) is 7.25. The second-order valence-electron chi connectivity index (χ2n) is 6.21. The average Bonchev–Trinajstić information content (AvgIpc) is 3.10. The van der Waals surface area contributed by atoms with Crippen molar-refractivity contribution in [3.8, 4) is 11.5 Å². The molecule has 28 heavy (non-hydrogen) atoms. The number of hydrogen-bond donors (Lipinski definition) is 0. The lowest BCUT2D eigenvalue weighted by molar-refractivity contribution is -0.384. The Labute approximate surface area is 165 Å². The molecule has 4 rings (SSSR count). The molecule has 0 aliphatic carbocycles. The molecule has 0 N–H and O–H groups in total. The van der Waals surface area contributed by atoms with E-state index in [1.54, 1.807) is 30.5 Å². The topological polar surface area (TPSA) is 81.5 Å². The third-order valence-corrected chi connectivity index (χ3v) is 4.60. The zero-order chi connectivity index (χ0) is 19.7. The number of oxazole rings is 1. The molecule has 7 heteroatoms. The smallest absolute Gasteiger partial charge is 0.288 e. The first-order chi connectivity index (χ1) is 13.5. The molecule has 0 amide bonds. The Balaban J connectivity index is 1.65. The van der Waals surface area contributed by atoms with Crippen molar-refractivity contribution in [3.05, 3.63) is 86.9 Å². The van der Waals surface area contributed by atoms with Crippen LogP contribution in [0.25, 0.3) is 22.6 Å². The highest BCUT2D eigenvalue weighted by Gasteiger charge is 2.12. The minimum Gasteiger partial charge on any atom is -0.436 e. The Bertz CT molecular complexity index is 1230. The Morgan fingerprint density at radius 3 is 2.75 bits per heavy atom. The number of nitro groups is 1. The number of aliphatic imine (C=N–C) groups is 1. The van der Waals surface area contributed by atoms with Gasteiger partial charge in [0.2, 0.25) is 5.89 Å². The molecule has 0 unspecified atom stereocenters. The maximum Gasteiger partial charge on any atom is 0.288 e. The fraction of sp³-hybridized carbons (Fsp3) is 0.0476. The summed E-state index contributed by atoms with van der Waals surface area (Å²) in [6.45, 7) is 2.01. The summed E-state index contributed by atoms with van der Waals surface area (Å²) in [5.41, 5.74) is 4.47. The third-order valence-electron chi connectivity index (χ3n) is 4.28. The van der Waals surface area contributed by atoms with Gasteiger partial charge in [-0.3, -0.25) is 15.1 Å². The normalized spacial score (nSPS) is 11.4. The summed E-state index contributed by atoms with van der Waals surface area (Å²) < 4.78 is 5.86. The number of fused-ring (bicyclic) bond motifs is 1. The lowest BCUT2D eigenvalue weighted by Crippen LogP contribution is -1.91. The van der Waals surface area contributed by atoms with E-state index in [9.17, 15) is 10.1 Å². The zero-order valence-corrected chi connectivity index (χ0v) is 15.6. The molecule has 4 aromatic rings. The van der Waals surface area contributed by atoms with Gasteiger partial charge in [-0.15, -0.1) is 0 Å². The standard InChI is InChI=1S/C21H14ClN3O3/c1-13-4-2-3-5-16(13)21-24-18-11-15(7-9-20(18)28-21)23-12-14-6-8-17(22)19(10-14)25(26)27/h2-12H,1H3. The number of hydrogen-bond acceptors (Lipinski definition) is 5. The van der Waals surface area contributed by atoms with Gasteiger partial charge in [0.15, 0.2) is 5.58 Å². The van der Waals surface area contributed by atoms with Crippen LogP contribution in [0.2, 0.25) is 5.02 Å². The Morgan fingerprint density at radius 2 is 1.96 bits per heavy atom. The van der Waals surface area contributed by atoms with Crippen LogP contribution >= 0.6 is 11.6 Å². The summed E-state index contributed by atoms with van der Waals surface area (Å²) in [6.07, 6.45) is 1.55. The van der Waals surface area contributed by atoms with Gasteiger partial charge in [0.25, 0.3) is 5.69 Å². The van der Waals surface area contributed by atoms with Crippen molar-refractivity contribution in [2.24, 2.45) is 4.99 Å².